The van der Waals surface area contributed by atoms with Gasteiger partial charge >= 0.3 is 12.0 Å². The number of aliphatic hydroxyl groups is 1. The van der Waals surface area contributed by atoms with Gasteiger partial charge in [-0.05, 0) is 48.7 Å². The molecule has 1 atom stereocenters. The summed E-state index contributed by atoms with van der Waals surface area (Å²) in [4.78, 5) is 13.3. The highest BCUT2D eigenvalue weighted by atomic mass is 35.5. The maximum absolute atomic E-state index is 13.6. The molecule has 8 nitrogen and oxygen atoms in total. The summed E-state index contributed by atoms with van der Waals surface area (Å²) in [6.45, 7) is 2.04. The number of likely N-dealkylation sites (tertiary alicyclic amines) is 1. The SMILES string of the molecule is COCCN1CCC(c2ccc(F)c(F)c2)C1.NC(=O)Nc1c(Cl)c(C(F)(F)CO)nn1-c1ccccc1. The summed E-state index contributed by atoms with van der Waals surface area (Å²) in [6.07, 6.45) is 0.995. The van der Waals surface area contributed by atoms with E-state index in [0.717, 1.165) is 36.3 Å². The first-order valence-electron chi connectivity index (χ1n) is 11.6. The largest absolute Gasteiger partial charge is 0.390 e. The van der Waals surface area contributed by atoms with Gasteiger partial charge in [-0.2, -0.15) is 13.9 Å². The number of aromatic nitrogens is 2. The lowest BCUT2D eigenvalue weighted by atomic mass is 9.98. The summed E-state index contributed by atoms with van der Waals surface area (Å²) in [5.41, 5.74) is 5.44. The minimum absolute atomic E-state index is 0.196. The highest BCUT2D eigenvalue weighted by molar-refractivity contribution is 6.34. The van der Waals surface area contributed by atoms with E-state index in [4.69, 9.17) is 27.2 Å². The fraction of sp³-hybridized carbons (Fsp3) is 0.360. The first-order valence-corrected chi connectivity index (χ1v) is 12.0. The van der Waals surface area contributed by atoms with Gasteiger partial charge in [0.1, 0.15) is 11.6 Å². The Balaban J connectivity index is 0.000000215. The van der Waals surface area contributed by atoms with E-state index >= 15 is 0 Å². The fourth-order valence-corrected chi connectivity index (χ4v) is 4.29. The number of aliphatic hydroxyl groups excluding tert-OH is 1. The minimum atomic E-state index is -3.65. The van der Waals surface area contributed by atoms with Crippen molar-refractivity contribution in [3.8, 4) is 5.69 Å². The number of benzene rings is 2. The number of ether oxygens (including phenoxy) is 1. The molecule has 38 heavy (non-hydrogen) atoms. The zero-order valence-electron chi connectivity index (χ0n) is 20.5. The molecule has 0 aliphatic carbocycles. The molecule has 0 radical (unpaired) electrons. The van der Waals surface area contributed by atoms with E-state index < -0.39 is 40.9 Å². The molecule has 1 saturated heterocycles. The van der Waals surface area contributed by atoms with Crippen molar-refractivity contribution in [1.29, 1.82) is 0 Å². The summed E-state index contributed by atoms with van der Waals surface area (Å²) in [5, 5.41) is 14.1. The van der Waals surface area contributed by atoms with E-state index in [9.17, 15) is 22.4 Å². The molecule has 1 aliphatic heterocycles. The van der Waals surface area contributed by atoms with Crippen molar-refractivity contribution >= 4 is 23.4 Å². The molecule has 3 aromatic rings. The number of urea groups is 1. The number of primary amides is 1. The van der Waals surface area contributed by atoms with Crippen molar-refractivity contribution in [2.75, 3.05) is 45.3 Å². The summed E-state index contributed by atoms with van der Waals surface area (Å²) in [7, 11) is 1.68. The van der Waals surface area contributed by atoms with Crippen LogP contribution in [0.1, 0.15) is 23.6 Å². The maximum atomic E-state index is 13.6. The highest BCUT2D eigenvalue weighted by Gasteiger charge is 2.39. The number of carbonyl (C=O) groups excluding carboxylic acids is 1. The fourth-order valence-electron chi connectivity index (χ4n) is 3.98. The average molecular weight is 558 g/mol. The molecule has 2 amide bonds. The topological polar surface area (TPSA) is 106 Å². The van der Waals surface area contributed by atoms with Gasteiger partial charge in [0.15, 0.2) is 23.1 Å². The van der Waals surface area contributed by atoms with Gasteiger partial charge in [-0.1, -0.05) is 35.9 Å². The average Bonchev–Trinajstić information content (AvgIpc) is 3.50. The Morgan fingerprint density at radius 1 is 1.24 bits per heavy atom. The molecule has 0 saturated carbocycles. The molecule has 1 fully saturated rings. The third kappa shape index (κ3) is 7.22. The number of amides is 2. The van der Waals surface area contributed by atoms with Crippen LogP contribution in [-0.2, 0) is 10.7 Å². The summed E-state index contributed by atoms with van der Waals surface area (Å²) in [6, 6.07) is 11.4. The second kappa shape index (κ2) is 13.1. The molecule has 4 N–H and O–H groups in total. The molecule has 0 bridgehead atoms. The van der Waals surface area contributed by atoms with Gasteiger partial charge in [-0.25, -0.2) is 18.3 Å². The molecule has 2 heterocycles. The summed E-state index contributed by atoms with van der Waals surface area (Å²) in [5.74, 6) is -5.06. The van der Waals surface area contributed by atoms with Crippen LogP contribution in [0.15, 0.2) is 48.5 Å². The number of nitrogens with zero attached hydrogens (tertiary/aromatic N) is 3. The molecule has 4 rings (SSSR count). The van der Waals surface area contributed by atoms with Crippen LogP contribution < -0.4 is 11.1 Å². The number of nitrogens with one attached hydrogen (secondary N) is 1. The molecule has 0 spiro atoms. The van der Waals surface area contributed by atoms with Gasteiger partial charge in [-0.15, -0.1) is 0 Å². The van der Waals surface area contributed by atoms with Gasteiger partial charge in [0.25, 0.3) is 0 Å². The number of nitrogens with two attached hydrogens (primary N) is 1. The number of methoxy groups -OCH3 is 1. The zero-order valence-corrected chi connectivity index (χ0v) is 21.3. The third-order valence-corrected chi connectivity index (χ3v) is 6.27. The van der Waals surface area contributed by atoms with Gasteiger partial charge in [0.05, 0.1) is 12.3 Å². The molecule has 1 aromatic heterocycles. The molecular formula is C25H28ClF4N5O3. The first kappa shape index (κ1) is 29.4. The van der Waals surface area contributed by atoms with E-state index in [-0.39, 0.29) is 5.82 Å². The Morgan fingerprint density at radius 3 is 2.55 bits per heavy atom. The number of halogens is 5. The normalized spacial score (nSPS) is 15.7. The van der Waals surface area contributed by atoms with Crippen molar-refractivity contribution in [2.24, 2.45) is 5.73 Å². The van der Waals surface area contributed by atoms with Crippen LogP contribution in [0, 0.1) is 11.6 Å². The predicted octanol–water partition coefficient (Wildman–Crippen LogP) is 4.50. The van der Waals surface area contributed by atoms with E-state index in [0.29, 0.717) is 18.2 Å². The number of hydrogen-bond donors (Lipinski definition) is 3. The van der Waals surface area contributed by atoms with Crippen LogP contribution in [0.25, 0.3) is 5.69 Å². The van der Waals surface area contributed by atoms with Crippen LogP contribution in [0.2, 0.25) is 5.02 Å². The van der Waals surface area contributed by atoms with Gasteiger partial charge in [0, 0.05) is 20.2 Å². The standard InChI is InChI=1S/C13H17F2NO.C12H11ClF2N4O2/c1-17-7-6-16-5-4-11(9-16)10-2-3-12(14)13(15)8-10;13-8-9(12(14,15)6-20)18-19(10(8)17-11(16)21)7-4-2-1-3-5-7/h2-3,8,11H,4-7,9H2,1H3;1-5,20H,6H2,(H3,16,17,21). The Hall–Kier alpha value is -3.19. The van der Waals surface area contributed by atoms with E-state index in [2.05, 4.69) is 15.3 Å². The van der Waals surface area contributed by atoms with E-state index in [1.807, 2.05) is 0 Å². The zero-order chi connectivity index (χ0) is 27.9. The van der Waals surface area contributed by atoms with Crippen molar-refractivity contribution in [3.05, 3.63) is 76.4 Å². The molecule has 1 aliphatic rings. The molecule has 13 heteroatoms. The summed E-state index contributed by atoms with van der Waals surface area (Å²) >= 11 is 5.84. The highest BCUT2D eigenvalue weighted by Crippen LogP contribution is 2.37. The summed E-state index contributed by atoms with van der Waals surface area (Å²) < 4.78 is 59.3. The van der Waals surface area contributed by atoms with E-state index in [1.165, 1.54) is 12.1 Å². The molecule has 2 aromatic carbocycles. The van der Waals surface area contributed by atoms with Crippen molar-refractivity contribution < 1.29 is 32.2 Å². The van der Waals surface area contributed by atoms with Crippen LogP contribution in [0.4, 0.5) is 28.2 Å². The Morgan fingerprint density at radius 2 is 1.95 bits per heavy atom. The first-order chi connectivity index (χ1) is 18.1. The molecular weight excluding hydrogens is 530 g/mol. The van der Waals surface area contributed by atoms with Crippen LogP contribution in [0.5, 0.6) is 0 Å². The van der Waals surface area contributed by atoms with Gasteiger partial charge < -0.3 is 20.5 Å². The lowest BCUT2D eigenvalue weighted by Gasteiger charge is -2.15. The Bertz CT molecular complexity index is 1230. The quantitative estimate of drug-likeness (QED) is 0.354. The number of para-hydroxylation sites is 1. The lowest BCUT2D eigenvalue weighted by Crippen LogP contribution is -2.24. The monoisotopic (exact) mass is 557 g/mol. The maximum Gasteiger partial charge on any atom is 0.317 e. The van der Waals surface area contributed by atoms with Crippen LogP contribution >= 0.6 is 11.6 Å². The smallest absolute Gasteiger partial charge is 0.317 e. The number of hydrogen-bond acceptors (Lipinski definition) is 5. The Kier molecular flexibility index (Phi) is 10.1. The van der Waals surface area contributed by atoms with Gasteiger partial charge in [0.2, 0.25) is 0 Å². The number of rotatable bonds is 8. The number of carbonyl (C=O) groups is 1. The van der Waals surface area contributed by atoms with Crippen molar-refractivity contribution in [2.45, 2.75) is 18.3 Å². The number of alkyl halides is 2. The van der Waals surface area contributed by atoms with Crippen LogP contribution in [-0.4, -0.2) is 65.8 Å². The third-order valence-electron chi connectivity index (χ3n) is 5.91. The van der Waals surface area contributed by atoms with Crippen molar-refractivity contribution in [3.63, 3.8) is 0 Å². The second-order valence-corrected chi connectivity index (χ2v) is 8.94. The molecule has 206 valence electrons. The predicted molar refractivity (Wildman–Crippen MR) is 135 cm³/mol. The lowest BCUT2D eigenvalue weighted by molar-refractivity contribution is -0.0593. The van der Waals surface area contributed by atoms with Crippen LogP contribution in [0.3, 0.4) is 0 Å². The second-order valence-electron chi connectivity index (χ2n) is 8.56. The molecule has 1 unspecified atom stereocenters. The van der Waals surface area contributed by atoms with Crippen molar-refractivity contribution in [1.82, 2.24) is 14.7 Å². The number of anilines is 1. The Labute approximate surface area is 221 Å². The minimum Gasteiger partial charge on any atom is -0.390 e. The van der Waals surface area contributed by atoms with Gasteiger partial charge in [-0.3, -0.25) is 5.32 Å². The van der Waals surface area contributed by atoms with E-state index in [1.54, 1.807) is 43.5 Å².